The maximum absolute atomic E-state index is 11.4. The predicted octanol–water partition coefficient (Wildman–Crippen LogP) is 2.64. The van der Waals surface area contributed by atoms with E-state index in [9.17, 15) is 9.90 Å². The molecule has 2 rings (SSSR count). The highest BCUT2D eigenvalue weighted by atomic mass is 16.5. The Morgan fingerprint density at radius 2 is 2.20 bits per heavy atom. The van der Waals surface area contributed by atoms with E-state index in [4.69, 9.17) is 9.26 Å². The molecule has 0 saturated carbocycles. The number of nitrogens with zero attached hydrogens (tertiary/aromatic N) is 2. The van der Waals surface area contributed by atoms with Crippen LogP contribution in [0.2, 0.25) is 0 Å². The molecular formula is C14H16N2O4. The first-order valence-electron chi connectivity index (χ1n) is 6.25. The quantitative estimate of drug-likeness (QED) is 0.903. The largest absolute Gasteiger partial charge is 0.481 e. The third-order valence-electron chi connectivity index (χ3n) is 2.79. The molecule has 0 saturated heterocycles. The minimum absolute atomic E-state index is 0.102. The van der Waals surface area contributed by atoms with Gasteiger partial charge in [-0.3, -0.25) is 0 Å². The minimum Gasteiger partial charge on any atom is -0.481 e. The first-order valence-corrected chi connectivity index (χ1v) is 6.25. The first-order chi connectivity index (χ1) is 9.52. The summed E-state index contributed by atoms with van der Waals surface area (Å²) in [5.74, 6) is 0.0745. The van der Waals surface area contributed by atoms with Gasteiger partial charge in [0.25, 0.3) is 0 Å². The van der Waals surface area contributed by atoms with Crippen LogP contribution in [0.5, 0.6) is 5.88 Å². The van der Waals surface area contributed by atoms with Crippen molar-refractivity contribution < 1.29 is 19.2 Å². The fraction of sp³-hybridized carbons (Fsp3) is 0.357. The Morgan fingerprint density at radius 3 is 2.70 bits per heavy atom. The lowest BCUT2D eigenvalue weighted by Crippen LogP contribution is -2.04. The van der Waals surface area contributed by atoms with Crippen molar-refractivity contribution in [3.63, 3.8) is 0 Å². The van der Waals surface area contributed by atoms with Crippen LogP contribution < -0.4 is 4.74 Å². The molecule has 0 aromatic carbocycles. The number of methoxy groups -OCH3 is 1. The summed E-state index contributed by atoms with van der Waals surface area (Å²) in [6.45, 7) is 3.98. The molecule has 0 fully saturated rings. The molecule has 20 heavy (non-hydrogen) atoms. The van der Waals surface area contributed by atoms with Gasteiger partial charge in [0.1, 0.15) is 11.3 Å². The van der Waals surface area contributed by atoms with E-state index in [0.29, 0.717) is 29.3 Å². The third kappa shape index (κ3) is 2.79. The molecular weight excluding hydrogens is 260 g/mol. The van der Waals surface area contributed by atoms with Gasteiger partial charge >= 0.3 is 5.97 Å². The smallest absolute Gasteiger partial charge is 0.341 e. The van der Waals surface area contributed by atoms with Gasteiger partial charge in [-0.1, -0.05) is 19.0 Å². The Morgan fingerprint density at radius 1 is 1.45 bits per heavy atom. The monoisotopic (exact) mass is 276 g/mol. The zero-order chi connectivity index (χ0) is 14.7. The molecule has 0 aliphatic heterocycles. The van der Waals surface area contributed by atoms with Gasteiger partial charge in [-0.2, -0.15) is 0 Å². The molecule has 6 heteroatoms. The van der Waals surface area contributed by atoms with E-state index in [2.05, 4.69) is 10.1 Å². The molecule has 0 unspecified atom stereocenters. The standard InChI is InChI=1S/C14H16N2O4/c1-8(2)6-10-12(14(17)18)13(16-20-10)9-4-5-11(19-3)15-7-9/h4-5,7-8H,6H2,1-3H3,(H,17,18). The Kier molecular flexibility index (Phi) is 4.02. The average Bonchev–Trinajstić information content (AvgIpc) is 2.81. The Labute approximate surface area is 116 Å². The molecule has 0 atom stereocenters. The zero-order valence-electron chi connectivity index (χ0n) is 11.6. The predicted molar refractivity (Wildman–Crippen MR) is 71.8 cm³/mol. The van der Waals surface area contributed by atoms with Crippen LogP contribution in [0.3, 0.4) is 0 Å². The highest BCUT2D eigenvalue weighted by Crippen LogP contribution is 2.27. The van der Waals surface area contributed by atoms with Crippen LogP contribution in [-0.4, -0.2) is 28.3 Å². The van der Waals surface area contributed by atoms with E-state index in [0.717, 1.165) is 0 Å². The van der Waals surface area contributed by atoms with Gasteiger partial charge in [0, 0.05) is 24.2 Å². The second-order valence-electron chi connectivity index (χ2n) is 4.82. The normalized spacial score (nSPS) is 10.8. The third-order valence-corrected chi connectivity index (χ3v) is 2.79. The fourth-order valence-electron chi connectivity index (χ4n) is 1.89. The number of hydrogen-bond acceptors (Lipinski definition) is 5. The molecule has 0 aliphatic carbocycles. The van der Waals surface area contributed by atoms with Crippen molar-refractivity contribution in [3.05, 3.63) is 29.7 Å². The number of carbonyl (C=O) groups is 1. The summed E-state index contributed by atoms with van der Waals surface area (Å²) in [6, 6.07) is 3.35. The minimum atomic E-state index is -1.05. The van der Waals surface area contributed by atoms with Crippen LogP contribution in [0.4, 0.5) is 0 Å². The lowest BCUT2D eigenvalue weighted by atomic mass is 10.0. The number of ether oxygens (including phenoxy) is 1. The number of aromatic carboxylic acids is 1. The van der Waals surface area contributed by atoms with Crippen molar-refractivity contribution in [3.8, 4) is 17.1 Å². The van der Waals surface area contributed by atoms with Crippen molar-refractivity contribution in [2.45, 2.75) is 20.3 Å². The van der Waals surface area contributed by atoms with Crippen molar-refractivity contribution in [2.75, 3.05) is 7.11 Å². The summed E-state index contributed by atoms with van der Waals surface area (Å²) in [5.41, 5.74) is 0.982. The summed E-state index contributed by atoms with van der Waals surface area (Å²) >= 11 is 0. The molecule has 106 valence electrons. The highest BCUT2D eigenvalue weighted by Gasteiger charge is 2.24. The topological polar surface area (TPSA) is 85.5 Å². The maximum Gasteiger partial charge on any atom is 0.341 e. The van der Waals surface area contributed by atoms with Gasteiger partial charge in [0.05, 0.1) is 7.11 Å². The molecule has 2 aromatic heterocycles. The molecule has 2 heterocycles. The molecule has 1 N–H and O–H groups in total. The summed E-state index contributed by atoms with van der Waals surface area (Å²) < 4.78 is 10.2. The summed E-state index contributed by atoms with van der Waals surface area (Å²) in [7, 11) is 1.52. The van der Waals surface area contributed by atoms with E-state index in [1.165, 1.54) is 13.3 Å². The number of aromatic nitrogens is 2. The number of pyridine rings is 1. The maximum atomic E-state index is 11.4. The van der Waals surface area contributed by atoms with Crippen LogP contribution in [-0.2, 0) is 6.42 Å². The second kappa shape index (κ2) is 5.73. The Hall–Kier alpha value is -2.37. The SMILES string of the molecule is COc1ccc(-c2noc(CC(C)C)c2C(=O)O)cn1. The molecule has 0 aliphatic rings. The molecule has 2 aromatic rings. The molecule has 0 radical (unpaired) electrons. The number of carboxylic acid groups (broad SMARTS) is 1. The molecule has 0 bridgehead atoms. The van der Waals surface area contributed by atoms with Crippen LogP contribution in [0, 0.1) is 5.92 Å². The number of rotatable bonds is 5. The summed E-state index contributed by atoms with van der Waals surface area (Å²) in [6.07, 6.45) is 2.04. The lowest BCUT2D eigenvalue weighted by molar-refractivity contribution is 0.0695. The molecule has 6 nitrogen and oxygen atoms in total. The summed E-state index contributed by atoms with van der Waals surface area (Å²) in [5, 5.41) is 13.2. The van der Waals surface area contributed by atoms with E-state index in [1.54, 1.807) is 12.1 Å². The lowest BCUT2D eigenvalue weighted by Gasteiger charge is -2.02. The van der Waals surface area contributed by atoms with Crippen LogP contribution in [0.15, 0.2) is 22.9 Å². The first kappa shape index (κ1) is 14.0. The van der Waals surface area contributed by atoms with E-state index in [1.807, 2.05) is 13.8 Å². The van der Waals surface area contributed by atoms with Gasteiger partial charge in [-0.15, -0.1) is 0 Å². The van der Waals surface area contributed by atoms with Gasteiger partial charge in [-0.25, -0.2) is 9.78 Å². The van der Waals surface area contributed by atoms with Crippen LogP contribution in [0.1, 0.15) is 30.0 Å². The van der Waals surface area contributed by atoms with Crippen molar-refractivity contribution in [1.82, 2.24) is 10.1 Å². The molecule has 0 spiro atoms. The van der Waals surface area contributed by atoms with Crippen molar-refractivity contribution in [1.29, 1.82) is 0 Å². The molecule has 0 amide bonds. The van der Waals surface area contributed by atoms with E-state index in [-0.39, 0.29) is 11.5 Å². The van der Waals surface area contributed by atoms with Gasteiger partial charge in [-0.05, 0) is 12.0 Å². The van der Waals surface area contributed by atoms with E-state index < -0.39 is 5.97 Å². The van der Waals surface area contributed by atoms with Gasteiger partial charge in [0.2, 0.25) is 5.88 Å². The zero-order valence-corrected chi connectivity index (χ0v) is 11.6. The Bertz CT molecular complexity index is 602. The van der Waals surface area contributed by atoms with Crippen molar-refractivity contribution >= 4 is 5.97 Å². The highest BCUT2D eigenvalue weighted by molar-refractivity contribution is 5.95. The van der Waals surface area contributed by atoms with E-state index >= 15 is 0 Å². The van der Waals surface area contributed by atoms with Crippen LogP contribution >= 0.6 is 0 Å². The van der Waals surface area contributed by atoms with Crippen LogP contribution in [0.25, 0.3) is 11.3 Å². The van der Waals surface area contributed by atoms with Crippen molar-refractivity contribution in [2.24, 2.45) is 5.92 Å². The van der Waals surface area contributed by atoms with Gasteiger partial charge < -0.3 is 14.4 Å². The fourth-order valence-corrected chi connectivity index (χ4v) is 1.89. The number of carboxylic acids is 1. The number of hydrogen-bond donors (Lipinski definition) is 1. The summed E-state index contributed by atoms with van der Waals surface area (Å²) in [4.78, 5) is 15.5. The second-order valence-corrected chi connectivity index (χ2v) is 4.82. The van der Waals surface area contributed by atoms with Gasteiger partial charge in [0.15, 0.2) is 5.76 Å². The average molecular weight is 276 g/mol. The Balaban J connectivity index is 2.44.